The van der Waals surface area contributed by atoms with Gasteiger partial charge in [-0.05, 0) is 74.6 Å². The molecule has 2 aliphatic rings. The third-order valence-electron chi connectivity index (χ3n) is 9.75. The Morgan fingerprint density at radius 3 is 2.06 bits per heavy atom. The van der Waals surface area contributed by atoms with Gasteiger partial charge in [0.05, 0.1) is 43.5 Å². The number of imidazole rings is 2. The highest BCUT2D eigenvalue weighted by Crippen LogP contribution is 2.33. The lowest BCUT2D eigenvalue weighted by atomic mass is 10.0. The van der Waals surface area contributed by atoms with Crippen molar-refractivity contribution < 1.29 is 28.7 Å². The predicted molar refractivity (Wildman–Crippen MR) is 203 cm³/mol. The summed E-state index contributed by atoms with van der Waals surface area (Å²) in [6.45, 7) is 10.7. The number of piperidine rings is 1. The number of carbonyl (C=O) groups excluding carboxylic acids is 4. The maximum Gasteiger partial charge on any atom is 0.408 e. The number of hydrogen-bond acceptors (Lipinski definition) is 8. The van der Waals surface area contributed by atoms with Crippen LogP contribution in [0.1, 0.15) is 78.0 Å². The zero-order valence-corrected chi connectivity index (χ0v) is 31.8. The van der Waals surface area contributed by atoms with E-state index in [9.17, 15) is 19.2 Å². The van der Waals surface area contributed by atoms with Crippen LogP contribution in [0.3, 0.4) is 0 Å². The van der Waals surface area contributed by atoms with Crippen LogP contribution >= 0.6 is 0 Å². The molecule has 286 valence electrons. The van der Waals surface area contributed by atoms with Gasteiger partial charge in [-0.3, -0.25) is 9.59 Å². The zero-order chi connectivity index (χ0) is 38.6. The summed E-state index contributed by atoms with van der Waals surface area (Å²) in [7, 11) is 1.29. The van der Waals surface area contributed by atoms with Gasteiger partial charge in [-0.2, -0.15) is 0 Å². The first-order valence-corrected chi connectivity index (χ1v) is 18.5. The van der Waals surface area contributed by atoms with E-state index in [0.29, 0.717) is 31.9 Å². The number of ether oxygens (including phenoxy) is 2. The van der Waals surface area contributed by atoms with Crippen molar-refractivity contribution in [2.45, 2.75) is 90.6 Å². The van der Waals surface area contributed by atoms with Crippen LogP contribution in [-0.2, 0) is 25.6 Å². The summed E-state index contributed by atoms with van der Waals surface area (Å²) in [5.74, 6) is 0.998. The number of methoxy groups -OCH3 is 1. The van der Waals surface area contributed by atoms with Crippen molar-refractivity contribution in [2.75, 3.05) is 20.2 Å². The number of nitrogens with one attached hydrogen (secondary N) is 4. The Hall–Kier alpha value is -5.66. The molecule has 3 atom stereocenters. The first-order valence-electron chi connectivity index (χ1n) is 18.5. The van der Waals surface area contributed by atoms with Crippen molar-refractivity contribution in [1.82, 2.24) is 40.4 Å². The molecule has 4 heterocycles. The number of nitrogens with zero attached hydrogens (tertiary/aromatic N) is 4. The number of likely N-dealkylation sites (tertiary alicyclic amines) is 2. The molecule has 14 nitrogen and oxygen atoms in total. The molecule has 2 saturated heterocycles. The highest BCUT2D eigenvalue weighted by Gasteiger charge is 2.37. The molecule has 2 aromatic heterocycles. The van der Waals surface area contributed by atoms with E-state index in [1.54, 1.807) is 43.0 Å². The lowest BCUT2D eigenvalue weighted by molar-refractivity contribution is -0.137. The van der Waals surface area contributed by atoms with Gasteiger partial charge < -0.3 is 39.9 Å². The van der Waals surface area contributed by atoms with Crippen LogP contribution in [0, 0.1) is 5.92 Å². The normalized spacial score (nSPS) is 18.1. The highest BCUT2D eigenvalue weighted by atomic mass is 16.6. The average Bonchev–Trinajstić information content (AvgIpc) is 3.93. The number of aromatic nitrogens is 4. The second-order valence-electron chi connectivity index (χ2n) is 15.2. The highest BCUT2D eigenvalue weighted by molar-refractivity contribution is 5.87. The van der Waals surface area contributed by atoms with Gasteiger partial charge in [0.25, 0.3) is 0 Å². The second-order valence-corrected chi connectivity index (χ2v) is 15.2. The van der Waals surface area contributed by atoms with Gasteiger partial charge >= 0.3 is 12.2 Å². The number of aromatic amines is 2. The molecular weight excluding hydrogens is 688 g/mol. The van der Waals surface area contributed by atoms with Gasteiger partial charge in [0, 0.05) is 13.1 Å². The van der Waals surface area contributed by atoms with Crippen LogP contribution in [0.2, 0.25) is 0 Å². The quantitative estimate of drug-likeness (QED) is 0.149. The van der Waals surface area contributed by atoms with Crippen LogP contribution < -0.4 is 10.6 Å². The van der Waals surface area contributed by atoms with Gasteiger partial charge in [-0.1, -0.05) is 62.4 Å². The summed E-state index contributed by atoms with van der Waals surface area (Å²) in [5.41, 5.74) is 5.11. The van der Waals surface area contributed by atoms with E-state index in [-0.39, 0.29) is 23.8 Å². The SMILES string of the molecule is COC(=O)NC(C(=O)N1CCCC1c1ncc(-c2ccc(-c3ccc(-c4cnc(CN5CCC[C@H](NC(=O)OC(C)(C)C)C5=O)[nH]4)cc3)cc2)[nH]1)C(C)C. The van der Waals surface area contributed by atoms with E-state index in [4.69, 9.17) is 9.47 Å². The molecule has 2 unspecified atom stereocenters. The number of rotatable bonds is 10. The van der Waals surface area contributed by atoms with Crippen molar-refractivity contribution in [3.05, 3.63) is 72.6 Å². The third kappa shape index (κ3) is 8.92. The molecule has 0 saturated carbocycles. The molecule has 4 N–H and O–H groups in total. The number of H-pyrrole nitrogens is 2. The minimum Gasteiger partial charge on any atom is -0.453 e. The smallest absolute Gasteiger partial charge is 0.408 e. The molecule has 0 aliphatic carbocycles. The first kappa shape index (κ1) is 38.1. The number of benzene rings is 2. The summed E-state index contributed by atoms with van der Waals surface area (Å²) in [6, 6.07) is 14.9. The standard InChI is InChI=1S/C40H50N8O6/c1-24(2)34(46-38(51)53-6)37(50)48-20-8-10-32(48)35-42-22-31(44-35)28-17-13-26(14-18-28)25-11-15-27(16-12-25)30-21-41-33(43-30)23-47-19-7-9-29(36(47)49)45-39(52)54-40(3,4)5/h11-18,21-22,24,29,32,34H,7-10,19-20,23H2,1-6H3,(H,41,43)(H,42,44)(H,45,52)(H,46,51)/t29-,32?,34?/m0/s1. The van der Waals surface area contributed by atoms with Gasteiger partial charge in [0.2, 0.25) is 11.8 Å². The minimum atomic E-state index is -0.687. The molecule has 0 spiro atoms. The maximum absolute atomic E-state index is 13.5. The minimum absolute atomic E-state index is 0.104. The second kappa shape index (κ2) is 16.1. The molecule has 6 rings (SSSR count). The van der Waals surface area contributed by atoms with E-state index in [1.807, 2.05) is 38.1 Å². The molecular formula is C40H50N8O6. The van der Waals surface area contributed by atoms with Gasteiger partial charge in [0.15, 0.2) is 0 Å². The maximum atomic E-state index is 13.5. The van der Waals surface area contributed by atoms with E-state index in [2.05, 4.69) is 54.8 Å². The van der Waals surface area contributed by atoms with Crippen molar-refractivity contribution in [3.63, 3.8) is 0 Å². The fraction of sp³-hybridized carbons (Fsp3) is 0.450. The van der Waals surface area contributed by atoms with Crippen LogP contribution in [-0.4, -0.2) is 91.6 Å². The molecule has 2 aromatic carbocycles. The van der Waals surface area contributed by atoms with Gasteiger partial charge in [-0.15, -0.1) is 0 Å². The van der Waals surface area contributed by atoms with E-state index < -0.39 is 29.9 Å². The monoisotopic (exact) mass is 738 g/mol. The fourth-order valence-corrected chi connectivity index (χ4v) is 6.98. The lowest BCUT2D eigenvalue weighted by Gasteiger charge is -2.32. The lowest BCUT2D eigenvalue weighted by Crippen LogP contribution is -2.52. The number of carbonyl (C=O) groups is 4. The summed E-state index contributed by atoms with van der Waals surface area (Å²) in [5, 5.41) is 5.41. The molecule has 4 amide bonds. The Balaban J connectivity index is 1.06. The molecule has 0 bridgehead atoms. The predicted octanol–water partition coefficient (Wildman–Crippen LogP) is 6.19. The van der Waals surface area contributed by atoms with Crippen molar-refractivity contribution in [2.24, 2.45) is 5.92 Å². The molecule has 0 radical (unpaired) electrons. The molecule has 4 aromatic rings. The summed E-state index contributed by atoms with van der Waals surface area (Å²) in [4.78, 5) is 70.3. The Morgan fingerprint density at radius 1 is 0.852 bits per heavy atom. The van der Waals surface area contributed by atoms with Crippen LogP contribution in [0.25, 0.3) is 33.6 Å². The summed E-state index contributed by atoms with van der Waals surface area (Å²) in [6.07, 6.45) is 5.32. The number of alkyl carbamates (subject to hydrolysis) is 2. The topological polar surface area (TPSA) is 175 Å². The Morgan fingerprint density at radius 2 is 1.44 bits per heavy atom. The van der Waals surface area contributed by atoms with Crippen molar-refractivity contribution in [3.8, 4) is 33.6 Å². The summed E-state index contributed by atoms with van der Waals surface area (Å²) < 4.78 is 10.1. The number of hydrogen-bond donors (Lipinski definition) is 4. The molecule has 14 heteroatoms. The third-order valence-corrected chi connectivity index (χ3v) is 9.75. The van der Waals surface area contributed by atoms with E-state index in [1.165, 1.54) is 7.11 Å². The van der Waals surface area contributed by atoms with Crippen LogP contribution in [0.15, 0.2) is 60.9 Å². The van der Waals surface area contributed by atoms with Crippen LogP contribution in [0.5, 0.6) is 0 Å². The van der Waals surface area contributed by atoms with Crippen molar-refractivity contribution in [1.29, 1.82) is 0 Å². The average molecular weight is 739 g/mol. The Bertz CT molecular complexity index is 1950. The van der Waals surface area contributed by atoms with Gasteiger partial charge in [0.1, 0.15) is 29.3 Å². The van der Waals surface area contributed by atoms with E-state index in [0.717, 1.165) is 58.7 Å². The number of amides is 4. The molecule has 2 fully saturated rings. The fourth-order valence-electron chi connectivity index (χ4n) is 6.98. The first-order chi connectivity index (χ1) is 25.8. The van der Waals surface area contributed by atoms with Crippen molar-refractivity contribution >= 4 is 24.0 Å². The largest absolute Gasteiger partial charge is 0.453 e. The van der Waals surface area contributed by atoms with Crippen LogP contribution in [0.4, 0.5) is 9.59 Å². The molecule has 2 aliphatic heterocycles. The zero-order valence-electron chi connectivity index (χ0n) is 31.8. The van der Waals surface area contributed by atoms with E-state index >= 15 is 0 Å². The summed E-state index contributed by atoms with van der Waals surface area (Å²) >= 11 is 0. The Kier molecular flexibility index (Phi) is 11.4. The van der Waals surface area contributed by atoms with Gasteiger partial charge in [-0.25, -0.2) is 19.6 Å². The molecule has 54 heavy (non-hydrogen) atoms. The Labute approximate surface area is 315 Å².